The molecule has 0 aromatic heterocycles. The summed E-state index contributed by atoms with van der Waals surface area (Å²) >= 11 is 0. The molecule has 0 bridgehead atoms. The summed E-state index contributed by atoms with van der Waals surface area (Å²) in [4.78, 5) is 48.4. The number of unbranched alkanes of at least 4 members (excludes halogenated alkanes) is 19. The zero-order valence-corrected chi connectivity index (χ0v) is 46.3. The standard InChI is InChI=1S/C60H101O11P/c1-4-7-10-13-16-19-22-24-26-27-28-29-31-33-36-39-42-45-48-51-60(64)71-57(53-67-58(62)49-46-43-40-37-34-21-18-15-12-9-6-3)55-69-72(65,66)68-54-56(52-61)70-59(63)50-47-44-41-38-35-32-30-25-23-20-17-14-11-8-5-2/h8,11,16-17,19-20,24-26,28-30,35,38,44,47,56-57,61H,4-7,9-10,12-15,18,21-23,27,31-34,36-37,39-43,45-46,48-55H2,1-3H3,(H,65,66)/b11-8-,19-16-,20-17-,26-24-,29-28-,30-25-,38-35-,47-44-. The summed E-state index contributed by atoms with van der Waals surface area (Å²) in [5.74, 6) is -1.62. The highest BCUT2D eigenvalue weighted by molar-refractivity contribution is 7.47. The molecule has 3 atom stereocenters. The first kappa shape index (κ1) is 68.4. The minimum atomic E-state index is -4.78. The third kappa shape index (κ3) is 51.3. The van der Waals surface area contributed by atoms with Crippen LogP contribution in [0.4, 0.5) is 0 Å². The molecule has 0 amide bonds. The van der Waals surface area contributed by atoms with Crippen LogP contribution in [0.15, 0.2) is 97.2 Å². The molecule has 0 saturated carbocycles. The molecule has 0 heterocycles. The Morgan fingerprint density at radius 1 is 0.417 bits per heavy atom. The highest BCUT2D eigenvalue weighted by Gasteiger charge is 2.28. The van der Waals surface area contributed by atoms with Crippen LogP contribution in [0, 0.1) is 0 Å². The quantitative estimate of drug-likeness (QED) is 0.0197. The van der Waals surface area contributed by atoms with Crippen molar-refractivity contribution in [2.45, 2.75) is 238 Å². The molecule has 11 nitrogen and oxygen atoms in total. The van der Waals surface area contributed by atoms with Gasteiger partial charge in [0.1, 0.15) is 12.7 Å². The van der Waals surface area contributed by atoms with E-state index in [-0.39, 0.29) is 25.9 Å². The van der Waals surface area contributed by atoms with Crippen molar-refractivity contribution in [3.8, 4) is 0 Å². The number of phosphoric ester groups is 1. The van der Waals surface area contributed by atoms with Crippen LogP contribution < -0.4 is 0 Å². The van der Waals surface area contributed by atoms with Crippen molar-refractivity contribution in [3.05, 3.63) is 97.2 Å². The van der Waals surface area contributed by atoms with Crippen molar-refractivity contribution < 1.29 is 52.2 Å². The summed E-state index contributed by atoms with van der Waals surface area (Å²) in [7, 11) is -4.78. The number of ether oxygens (including phenoxy) is 3. The molecule has 12 heteroatoms. The minimum Gasteiger partial charge on any atom is -0.462 e. The van der Waals surface area contributed by atoms with Crippen molar-refractivity contribution in [2.75, 3.05) is 26.4 Å². The molecule has 3 unspecified atom stereocenters. The molecule has 0 fully saturated rings. The van der Waals surface area contributed by atoms with Crippen molar-refractivity contribution >= 4 is 25.7 Å². The zero-order chi connectivity index (χ0) is 52.7. The first-order valence-corrected chi connectivity index (χ1v) is 29.6. The van der Waals surface area contributed by atoms with E-state index >= 15 is 0 Å². The van der Waals surface area contributed by atoms with E-state index in [1.807, 2.05) is 18.2 Å². The average molecular weight is 1030 g/mol. The number of rotatable bonds is 51. The van der Waals surface area contributed by atoms with E-state index in [2.05, 4.69) is 93.7 Å². The van der Waals surface area contributed by atoms with Gasteiger partial charge in [-0.2, -0.15) is 0 Å². The van der Waals surface area contributed by atoms with E-state index in [0.29, 0.717) is 19.3 Å². The normalized spacial score (nSPS) is 14.1. The second-order valence-corrected chi connectivity index (χ2v) is 19.8. The minimum absolute atomic E-state index is 0.0589. The molecule has 72 heavy (non-hydrogen) atoms. The van der Waals surface area contributed by atoms with Gasteiger partial charge in [-0.25, -0.2) is 4.57 Å². The SMILES string of the molecule is CC/C=C\C/C=C\C/C=C\C/C=C\C/C=C\CC(=O)OC(CO)COP(=O)(O)OCC(COC(=O)CCCCCCCCCCCCC)OC(=O)CCCCCCCC/C=C\C/C=C\C/C=C\CCCCC. The van der Waals surface area contributed by atoms with E-state index in [4.69, 9.17) is 23.3 Å². The van der Waals surface area contributed by atoms with Gasteiger partial charge in [-0.15, -0.1) is 0 Å². The number of hydrogen-bond donors (Lipinski definition) is 2. The molecule has 0 spiro atoms. The van der Waals surface area contributed by atoms with Gasteiger partial charge in [0.2, 0.25) is 0 Å². The average Bonchev–Trinajstić information content (AvgIpc) is 3.37. The Morgan fingerprint density at radius 2 is 0.778 bits per heavy atom. The van der Waals surface area contributed by atoms with E-state index < -0.39 is 57.8 Å². The van der Waals surface area contributed by atoms with Crippen LogP contribution >= 0.6 is 7.82 Å². The molecular formula is C60H101O11P. The predicted molar refractivity (Wildman–Crippen MR) is 297 cm³/mol. The molecule has 0 aromatic rings. The van der Waals surface area contributed by atoms with Crippen LogP contribution in [0.3, 0.4) is 0 Å². The van der Waals surface area contributed by atoms with Gasteiger partial charge in [-0.1, -0.05) is 221 Å². The molecule has 2 N–H and O–H groups in total. The molecule has 0 aromatic carbocycles. The molecule has 0 radical (unpaired) electrons. The number of aliphatic hydroxyl groups excluding tert-OH is 1. The van der Waals surface area contributed by atoms with Crippen LogP contribution in [-0.4, -0.2) is 66.5 Å². The maximum atomic E-state index is 12.9. The summed E-state index contributed by atoms with van der Waals surface area (Å²) in [6.07, 6.45) is 62.5. The van der Waals surface area contributed by atoms with Crippen LogP contribution in [0.1, 0.15) is 226 Å². The predicted octanol–water partition coefficient (Wildman–Crippen LogP) is 16.5. The number of phosphoric acid groups is 1. The monoisotopic (exact) mass is 1030 g/mol. The highest BCUT2D eigenvalue weighted by atomic mass is 31.2. The Balaban J connectivity index is 4.81. The summed E-state index contributed by atoms with van der Waals surface area (Å²) in [6, 6.07) is 0. The Morgan fingerprint density at radius 3 is 1.25 bits per heavy atom. The van der Waals surface area contributed by atoms with Crippen molar-refractivity contribution in [2.24, 2.45) is 0 Å². The molecule has 0 rings (SSSR count). The van der Waals surface area contributed by atoms with Crippen LogP contribution in [0.2, 0.25) is 0 Å². The summed E-state index contributed by atoms with van der Waals surface area (Å²) in [5.41, 5.74) is 0. The van der Waals surface area contributed by atoms with Gasteiger partial charge < -0.3 is 24.2 Å². The first-order chi connectivity index (χ1) is 35.2. The summed E-state index contributed by atoms with van der Waals surface area (Å²) < 4.78 is 39.3. The van der Waals surface area contributed by atoms with Gasteiger partial charge in [0.15, 0.2) is 6.10 Å². The third-order valence-electron chi connectivity index (χ3n) is 11.5. The Hall–Kier alpha value is -3.60. The third-order valence-corrected chi connectivity index (χ3v) is 12.5. The Kier molecular flexibility index (Phi) is 51.0. The number of esters is 3. The lowest BCUT2D eigenvalue weighted by Gasteiger charge is -2.21. The lowest BCUT2D eigenvalue weighted by Crippen LogP contribution is -2.30. The fraction of sp³-hybridized carbons (Fsp3) is 0.683. The van der Waals surface area contributed by atoms with Crippen molar-refractivity contribution in [1.29, 1.82) is 0 Å². The van der Waals surface area contributed by atoms with E-state index in [9.17, 15) is 28.9 Å². The molecule has 412 valence electrons. The number of carbonyl (C=O) groups is 3. The van der Waals surface area contributed by atoms with Crippen molar-refractivity contribution in [1.82, 2.24) is 0 Å². The van der Waals surface area contributed by atoms with Crippen molar-refractivity contribution in [3.63, 3.8) is 0 Å². The van der Waals surface area contributed by atoms with Gasteiger partial charge in [0, 0.05) is 12.8 Å². The largest absolute Gasteiger partial charge is 0.472 e. The second-order valence-electron chi connectivity index (χ2n) is 18.4. The molecular weight excluding hydrogens is 928 g/mol. The van der Waals surface area contributed by atoms with Crippen LogP contribution in [0.25, 0.3) is 0 Å². The Bertz CT molecular complexity index is 1580. The van der Waals surface area contributed by atoms with Gasteiger partial charge in [0.05, 0.1) is 26.2 Å². The summed E-state index contributed by atoms with van der Waals surface area (Å²) in [6.45, 7) is 4.36. The Labute approximate surface area is 438 Å². The van der Waals surface area contributed by atoms with Crippen LogP contribution in [0.5, 0.6) is 0 Å². The smallest absolute Gasteiger partial charge is 0.462 e. The van der Waals surface area contributed by atoms with Gasteiger partial charge >= 0.3 is 25.7 Å². The molecule has 0 aliphatic carbocycles. The topological polar surface area (TPSA) is 155 Å². The number of allylic oxidation sites excluding steroid dienone is 15. The second kappa shape index (κ2) is 53.7. The van der Waals surface area contributed by atoms with E-state index in [1.54, 1.807) is 6.08 Å². The van der Waals surface area contributed by atoms with Gasteiger partial charge in [0.25, 0.3) is 0 Å². The number of hydrogen-bond acceptors (Lipinski definition) is 10. The lowest BCUT2D eigenvalue weighted by atomic mass is 10.1. The van der Waals surface area contributed by atoms with Gasteiger partial charge in [-0.05, 0) is 83.5 Å². The van der Waals surface area contributed by atoms with Gasteiger partial charge in [-0.3, -0.25) is 23.4 Å². The highest BCUT2D eigenvalue weighted by Crippen LogP contribution is 2.43. The van der Waals surface area contributed by atoms with E-state index in [0.717, 1.165) is 96.3 Å². The molecule has 0 aliphatic rings. The molecule has 0 aliphatic heterocycles. The maximum absolute atomic E-state index is 12.9. The maximum Gasteiger partial charge on any atom is 0.472 e. The zero-order valence-electron chi connectivity index (χ0n) is 45.4. The number of carbonyl (C=O) groups excluding carboxylic acids is 3. The van der Waals surface area contributed by atoms with E-state index in [1.165, 1.54) is 70.6 Å². The lowest BCUT2D eigenvalue weighted by molar-refractivity contribution is -0.161. The van der Waals surface area contributed by atoms with Crippen LogP contribution in [-0.2, 0) is 42.2 Å². The molecule has 0 saturated heterocycles. The first-order valence-electron chi connectivity index (χ1n) is 28.1. The fourth-order valence-corrected chi connectivity index (χ4v) is 8.05. The number of aliphatic hydroxyl groups is 1. The summed E-state index contributed by atoms with van der Waals surface area (Å²) in [5, 5.41) is 9.78. The fourth-order valence-electron chi connectivity index (χ4n) is 7.26.